The number of hydrogen-bond donors (Lipinski definition) is 3. The second-order valence-electron chi connectivity index (χ2n) is 2.51. The van der Waals surface area contributed by atoms with E-state index in [9.17, 15) is 9.59 Å². The molecule has 0 aliphatic rings. The number of amides is 2. The lowest BCUT2D eigenvalue weighted by Crippen LogP contribution is -2.29. The van der Waals surface area contributed by atoms with E-state index in [4.69, 9.17) is 0 Å². The van der Waals surface area contributed by atoms with Gasteiger partial charge in [0.05, 0.1) is 0 Å². The second-order valence-corrected chi connectivity index (χ2v) is 2.51. The molecule has 0 aliphatic heterocycles. The summed E-state index contributed by atoms with van der Waals surface area (Å²) >= 11 is 0. The zero-order valence-corrected chi connectivity index (χ0v) is 7.99. The molecule has 0 radical (unpaired) electrons. The van der Waals surface area contributed by atoms with Crippen LogP contribution in [0.5, 0.6) is 0 Å². The average Bonchev–Trinajstić information content (AvgIpc) is 2.58. The highest BCUT2D eigenvalue weighted by Crippen LogP contribution is 1.91. The lowest BCUT2D eigenvalue weighted by molar-refractivity contribution is -0.135. The Morgan fingerprint density at radius 3 is 2.29 bits per heavy atom. The zero-order chi connectivity index (χ0) is 11.0. The highest BCUT2D eigenvalue weighted by Gasteiger charge is 1.96. The molecule has 0 atom stereocenters. The molecule has 2 amide bonds. The number of carbonyl (C=O) groups is 2. The summed E-state index contributed by atoms with van der Waals surface area (Å²) in [4.78, 5) is 26.0. The summed E-state index contributed by atoms with van der Waals surface area (Å²) in [5, 5.41) is 0. The van der Waals surface area contributed by atoms with Crippen molar-refractivity contribution in [2.75, 3.05) is 0 Å². The quantitative estimate of drug-likeness (QED) is 0.547. The molecule has 1 aromatic rings. The number of primary amides is 2. The van der Waals surface area contributed by atoms with E-state index in [1.54, 1.807) is 6.20 Å². The minimum atomic E-state index is -1.10. The van der Waals surface area contributed by atoms with Gasteiger partial charge in [-0.1, -0.05) is 6.92 Å². The van der Waals surface area contributed by atoms with Crippen molar-refractivity contribution in [3.63, 3.8) is 0 Å². The van der Waals surface area contributed by atoms with Crippen LogP contribution in [0.4, 0.5) is 0 Å². The Balaban J connectivity index is 0.000000255. The largest absolute Gasteiger partial charge is 0.361 e. The van der Waals surface area contributed by atoms with Gasteiger partial charge in [0.25, 0.3) is 0 Å². The van der Waals surface area contributed by atoms with Crippen LogP contribution in [0.15, 0.2) is 12.4 Å². The van der Waals surface area contributed by atoms with Crippen LogP contribution in [0.1, 0.15) is 19.2 Å². The van der Waals surface area contributed by atoms with Crippen molar-refractivity contribution in [2.24, 2.45) is 11.5 Å². The third-order valence-electron chi connectivity index (χ3n) is 1.28. The first kappa shape index (κ1) is 12.2. The Labute approximate surface area is 81.7 Å². The summed E-state index contributed by atoms with van der Waals surface area (Å²) in [5.41, 5.74) is 8.64. The SMILES string of the molecule is CCCc1ncc[nH]1.NC(=O)C(N)=O. The molecule has 5 N–H and O–H groups in total. The highest BCUT2D eigenvalue weighted by atomic mass is 16.2. The van der Waals surface area contributed by atoms with Gasteiger partial charge in [0.15, 0.2) is 0 Å². The van der Waals surface area contributed by atoms with Crippen molar-refractivity contribution >= 4 is 11.8 Å². The van der Waals surface area contributed by atoms with Crippen LogP contribution in [0.2, 0.25) is 0 Å². The number of imidazole rings is 1. The smallest absolute Gasteiger partial charge is 0.306 e. The Morgan fingerprint density at radius 1 is 1.43 bits per heavy atom. The van der Waals surface area contributed by atoms with Gasteiger partial charge in [-0.05, 0) is 6.42 Å². The van der Waals surface area contributed by atoms with Crippen molar-refractivity contribution in [2.45, 2.75) is 19.8 Å². The number of nitrogens with zero attached hydrogens (tertiary/aromatic N) is 1. The van der Waals surface area contributed by atoms with Crippen molar-refractivity contribution < 1.29 is 9.59 Å². The first-order chi connectivity index (χ1) is 6.57. The highest BCUT2D eigenvalue weighted by molar-refractivity contribution is 6.33. The fourth-order valence-corrected chi connectivity index (χ4v) is 0.671. The summed E-state index contributed by atoms with van der Waals surface area (Å²) in [5.74, 6) is -1.11. The van der Waals surface area contributed by atoms with Crippen LogP contribution in [-0.4, -0.2) is 21.8 Å². The van der Waals surface area contributed by atoms with Gasteiger partial charge in [0, 0.05) is 18.8 Å². The lowest BCUT2D eigenvalue weighted by atomic mass is 10.3. The second kappa shape index (κ2) is 6.64. The predicted octanol–water partition coefficient (Wildman–Crippen LogP) is -0.681. The number of H-pyrrole nitrogens is 1. The number of hydrogen-bond acceptors (Lipinski definition) is 3. The summed E-state index contributed by atoms with van der Waals surface area (Å²) in [6.07, 6.45) is 5.86. The first-order valence-corrected chi connectivity index (χ1v) is 4.15. The van der Waals surface area contributed by atoms with Gasteiger partial charge >= 0.3 is 11.8 Å². The van der Waals surface area contributed by atoms with Crippen molar-refractivity contribution in [3.8, 4) is 0 Å². The van der Waals surface area contributed by atoms with E-state index in [0.29, 0.717) is 0 Å². The van der Waals surface area contributed by atoms with Gasteiger partial charge in [-0.3, -0.25) is 9.59 Å². The van der Waals surface area contributed by atoms with Crippen molar-refractivity contribution in [1.29, 1.82) is 0 Å². The third kappa shape index (κ3) is 5.76. The summed E-state index contributed by atoms with van der Waals surface area (Å²) in [7, 11) is 0. The molecule has 0 bridgehead atoms. The van der Waals surface area contributed by atoms with Crippen LogP contribution in [0.3, 0.4) is 0 Å². The number of aromatic nitrogens is 2. The number of nitrogens with two attached hydrogens (primary N) is 2. The maximum atomic E-state index is 9.45. The Kier molecular flexibility index (Phi) is 5.77. The number of nitrogens with one attached hydrogen (secondary N) is 1. The molecule has 6 nitrogen and oxygen atoms in total. The Bertz CT molecular complexity index is 270. The number of rotatable bonds is 2. The topological polar surface area (TPSA) is 115 Å². The number of carbonyl (C=O) groups excluding carboxylic acids is 2. The molecular formula is C8H14N4O2. The van der Waals surface area contributed by atoms with Crippen LogP contribution >= 0.6 is 0 Å². The van der Waals surface area contributed by atoms with Gasteiger partial charge in [-0.15, -0.1) is 0 Å². The first-order valence-electron chi connectivity index (χ1n) is 4.15. The summed E-state index contributed by atoms with van der Waals surface area (Å²) in [6, 6.07) is 0. The molecule has 1 aromatic heterocycles. The molecule has 0 aromatic carbocycles. The molecule has 6 heteroatoms. The van der Waals surface area contributed by atoms with Gasteiger partial charge in [-0.25, -0.2) is 4.98 Å². The number of aromatic amines is 1. The van der Waals surface area contributed by atoms with E-state index in [0.717, 1.165) is 18.7 Å². The van der Waals surface area contributed by atoms with Gasteiger partial charge in [0.2, 0.25) is 0 Å². The molecule has 0 saturated carbocycles. The number of aryl methyl sites for hydroxylation is 1. The fourth-order valence-electron chi connectivity index (χ4n) is 0.671. The fraction of sp³-hybridized carbons (Fsp3) is 0.375. The third-order valence-corrected chi connectivity index (χ3v) is 1.28. The van der Waals surface area contributed by atoms with Crippen LogP contribution in [-0.2, 0) is 16.0 Å². The zero-order valence-electron chi connectivity index (χ0n) is 7.99. The molecule has 0 unspecified atom stereocenters. The maximum absolute atomic E-state index is 9.45. The lowest BCUT2D eigenvalue weighted by Gasteiger charge is -1.85. The Hall–Kier alpha value is -1.85. The molecule has 0 saturated heterocycles. The van der Waals surface area contributed by atoms with E-state index in [1.165, 1.54) is 0 Å². The van der Waals surface area contributed by atoms with E-state index < -0.39 is 11.8 Å². The average molecular weight is 198 g/mol. The molecule has 0 spiro atoms. The van der Waals surface area contributed by atoms with Crippen molar-refractivity contribution in [1.82, 2.24) is 9.97 Å². The van der Waals surface area contributed by atoms with Gasteiger partial charge in [-0.2, -0.15) is 0 Å². The molecule has 1 heterocycles. The Morgan fingerprint density at radius 2 is 2.00 bits per heavy atom. The normalized spacial score (nSPS) is 8.64. The van der Waals surface area contributed by atoms with E-state index in [2.05, 4.69) is 28.4 Å². The molecule has 0 fully saturated rings. The molecule has 0 aliphatic carbocycles. The molecular weight excluding hydrogens is 184 g/mol. The van der Waals surface area contributed by atoms with E-state index in [-0.39, 0.29) is 0 Å². The molecule has 1 rings (SSSR count). The van der Waals surface area contributed by atoms with Crippen LogP contribution in [0, 0.1) is 0 Å². The van der Waals surface area contributed by atoms with Gasteiger partial charge in [0.1, 0.15) is 5.82 Å². The summed E-state index contributed by atoms with van der Waals surface area (Å²) < 4.78 is 0. The van der Waals surface area contributed by atoms with E-state index >= 15 is 0 Å². The minimum absolute atomic E-state index is 1.06. The van der Waals surface area contributed by atoms with Crippen molar-refractivity contribution in [3.05, 3.63) is 18.2 Å². The minimum Gasteiger partial charge on any atom is -0.361 e. The van der Waals surface area contributed by atoms with Crippen LogP contribution < -0.4 is 11.5 Å². The maximum Gasteiger partial charge on any atom is 0.306 e. The standard InChI is InChI=1S/C6H10N2.C2H4N2O2/c1-2-3-6-7-4-5-8-6;3-1(5)2(4)6/h4-5H,2-3H2,1H3,(H,7,8);(H2,3,5)(H2,4,6). The molecule has 14 heavy (non-hydrogen) atoms. The van der Waals surface area contributed by atoms with Gasteiger partial charge < -0.3 is 16.5 Å². The van der Waals surface area contributed by atoms with Crippen LogP contribution in [0.25, 0.3) is 0 Å². The van der Waals surface area contributed by atoms with E-state index in [1.807, 2.05) is 6.20 Å². The summed E-state index contributed by atoms with van der Waals surface area (Å²) in [6.45, 7) is 2.14. The predicted molar refractivity (Wildman–Crippen MR) is 51.0 cm³/mol. The monoisotopic (exact) mass is 198 g/mol. The molecule has 78 valence electrons.